The number of ether oxygens (including phenoxy) is 2. The Kier molecular flexibility index (Phi) is 7.28. The molecule has 2 saturated heterocycles. The Bertz CT molecular complexity index is 948. The monoisotopic (exact) mass is 471 g/mol. The highest BCUT2D eigenvalue weighted by atomic mass is 32.2. The van der Waals surface area contributed by atoms with E-state index in [1.54, 1.807) is 7.11 Å². The summed E-state index contributed by atoms with van der Waals surface area (Å²) >= 11 is 0. The van der Waals surface area contributed by atoms with Gasteiger partial charge in [0.05, 0.1) is 26.4 Å². The predicted octanol–water partition coefficient (Wildman–Crippen LogP) is -0.0253. The maximum atomic E-state index is 13.2. The molecule has 2 fully saturated rings. The number of carbonyl (C=O) groups is 2. The van der Waals surface area contributed by atoms with Gasteiger partial charge in [-0.2, -0.15) is 0 Å². The van der Waals surface area contributed by atoms with Crippen LogP contribution in [0.25, 0.3) is 0 Å². The zero-order valence-corrected chi connectivity index (χ0v) is 18.7. The smallest absolute Gasteiger partial charge is 0.339 e. The second-order valence-electron chi connectivity index (χ2n) is 8.07. The quantitative estimate of drug-likeness (QED) is 0.500. The van der Waals surface area contributed by atoms with Crippen molar-refractivity contribution in [1.82, 2.24) is 9.21 Å². The Labute approximate surface area is 186 Å². The number of urea groups is 1. The molecule has 2 amide bonds. The molecule has 0 aromatic heterocycles. The van der Waals surface area contributed by atoms with Crippen molar-refractivity contribution in [2.45, 2.75) is 42.8 Å². The number of nitrogens with zero attached hydrogens (tertiary/aromatic N) is 2. The van der Waals surface area contributed by atoms with Gasteiger partial charge in [0, 0.05) is 19.6 Å². The van der Waals surface area contributed by atoms with Crippen LogP contribution in [0, 0.1) is 0 Å². The number of carboxylic acid groups (broad SMARTS) is 1. The highest BCUT2D eigenvalue weighted by Crippen LogP contribution is 2.32. The minimum atomic E-state index is -4.13. The van der Waals surface area contributed by atoms with E-state index in [2.05, 4.69) is 0 Å². The molecular weight excluding hydrogens is 442 g/mol. The van der Waals surface area contributed by atoms with Crippen molar-refractivity contribution in [2.24, 2.45) is 5.73 Å². The average Bonchev–Trinajstić information content (AvgIpc) is 2.77. The van der Waals surface area contributed by atoms with Crippen LogP contribution < -0.4 is 10.5 Å². The molecule has 11 nitrogen and oxygen atoms in total. The van der Waals surface area contributed by atoms with Gasteiger partial charge in [0.25, 0.3) is 0 Å². The summed E-state index contributed by atoms with van der Waals surface area (Å²) in [5.41, 5.74) is 3.49. The first-order valence-electron chi connectivity index (χ1n) is 10.3. The highest BCUT2D eigenvalue weighted by molar-refractivity contribution is 7.89. The molecule has 3 rings (SSSR count). The number of nitrogens with two attached hydrogens (primary N) is 1. The second-order valence-corrected chi connectivity index (χ2v) is 10.2. The molecule has 178 valence electrons. The number of carboxylic acids is 1. The summed E-state index contributed by atoms with van der Waals surface area (Å²) in [5.74, 6) is -0.978. The number of hydrogen-bond acceptors (Lipinski definition) is 7. The zero-order chi connectivity index (χ0) is 23.5. The minimum absolute atomic E-state index is 0.0467. The average molecular weight is 472 g/mol. The van der Waals surface area contributed by atoms with Gasteiger partial charge in [-0.15, -0.1) is 0 Å². The summed E-state index contributed by atoms with van der Waals surface area (Å²) in [6.45, 7) is -0.0662. The van der Waals surface area contributed by atoms with E-state index in [4.69, 9.17) is 15.2 Å². The van der Waals surface area contributed by atoms with Crippen molar-refractivity contribution in [2.75, 3.05) is 33.3 Å². The number of aliphatic carboxylic acids is 1. The lowest BCUT2D eigenvalue weighted by atomic mass is 9.92. The number of methoxy groups -OCH3 is 1. The number of likely N-dealkylation sites (tertiary alicyclic amines) is 1. The summed E-state index contributed by atoms with van der Waals surface area (Å²) in [6.07, 6.45) is 0.506. The summed E-state index contributed by atoms with van der Waals surface area (Å²) in [4.78, 5) is 24.1. The Morgan fingerprint density at radius 2 is 1.91 bits per heavy atom. The number of hydrogen-bond donors (Lipinski definition) is 3. The maximum Gasteiger partial charge on any atom is 0.339 e. The van der Waals surface area contributed by atoms with Crippen LogP contribution in [0.1, 0.15) is 24.8 Å². The lowest BCUT2D eigenvalue weighted by Crippen LogP contribution is -2.67. The standard InChI is InChI=1S/C20H29N3O8S/c1-30-16-4-2-3-14(11-16)12-31-15-5-9-23(10-6-15)32(28,29)17-7-8-22(19(21)26)13-20(17,27)18(24)25/h2-4,11,15,17,27H,5-10,12-13H2,1H3,(H2,21,26)(H,24,25). The summed E-state index contributed by atoms with van der Waals surface area (Å²) in [5, 5.41) is 18.7. The molecule has 2 aliphatic rings. The number of carbonyl (C=O) groups excluding carboxylic acids is 1. The van der Waals surface area contributed by atoms with Gasteiger partial charge >= 0.3 is 12.0 Å². The van der Waals surface area contributed by atoms with Gasteiger partial charge in [-0.05, 0) is 37.0 Å². The molecule has 4 N–H and O–H groups in total. The van der Waals surface area contributed by atoms with Crippen molar-refractivity contribution < 1.29 is 37.7 Å². The minimum Gasteiger partial charge on any atom is -0.497 e. The van der Waals surface area contributed by atoms with Crippen molar-refractivity contribution in [1.29, 1.82) is 0 Å². The van der Waals surface area contributed by atoms with Gasteiger partial charge in [0.1, 0.15) is 11.0 Å². The lowest BCUT2D eigenvalue weighted by Gasteiger charge is -2.43. The number of sulfonamides is 1. The first kappa shape index (κ1) is 24.2. The van der Waals surface area contributed by atoms with Gasteiger partial charge in [-0.25, -0.2) is 22.3 Å². The van der Waals surface area contributed by atoms with E-state index in [-0.39, 0.29) is 32.2 Å². The van der Waals surface area contributed by atoms with Crippen molar-refractivity contribution in [3.63, 3.8) is 0 Å². The number of amides is 2. The first-order valence-corrected chi connectivity index (χ1v) is 11.8. The van der Waals surface area contributed by atoms with Crippen LogP contribution in [0.5, 0.6) is 5.75 Å². The normalized spacial score (nSPS) is 25.4. The van der Waals surface area contributed by atoms with Gasteiger partial charge in [-0.3, -0.25) is 0 Å². The van der Waals surface area contributed by atoms with E-state index in [1.807, 2.05) is 24.3 Å². The number of aliphatic hydroxyl groups is 1. The van der Waals surface area contributed by atoms with Gasteiger partial charge in [0.15, 0.2) is 5.60 Å². The summed E-state index contributed by atoms with van der Waals surface area (Å²) in [6, 6.07) is 6.56. The molecule has 2 unspecified atom stereocenters. The number of rotatable bonds is 7. The third kappa shape index (κ3) is 4.98. The van der Waals surface area contributed by atoms with E-state index >= 15 is 0 Å². The highest BCUT2D eigenvalue weighted by Gasteiger charge is 2.56. The molecule has 0 saturated carbocycles. The van der Waals surface area contributed by atoms with E-state index in [9.17, 15) is 28.2 Å². The van der Waals surface area contributed by atoms with E-state index in [0.717, 1.165) is 16.2 Å². The molecule has 1 aromatic rings. The van der Waals surface area contributed by atoms with Crippen LogP contribution in [-0.4, -0.2) is 90.1 Å². The van der Waals surface area contributed by atoms with Crippen molar-refractivity contribution in [3.8, 4) is 5.75 Å². The van der Waals surface area contributed by atoms with Crippen LogP contribution in [0.15, 0.2) is 24.3 Å². The maximum absolute atomic E-state index is 13.2. The Morgan fingerprint density at radius 3 is 2.50 bits per heavy atom. The summed E-state index contributed by atoms with van der Waals surface area (Å²) < 4.78 is 38.7. The molecular formula is C20H29N3O8S. The van der Waals surface area contributed by atoms with E-state index in [1.165, 1.54) is 4.31 Å². The van der Waals surface area contributed by atoms with Gasteiger partial charge in [-0.1, -0.05) is 12.1 Å². The molecule has 12 heteroatoms. The Hall–Kier alpha value is -2.41. The van der Waals surface area contributed by atoms with Gasteiger partial charge < -0.3 is 30.3 Å². The molecule has 0 bridgehead atoms. The van der Waals surface area contributed by atoms with Crippen LogP contribution in [0.3, 0.4) is 0 Å². The largest absolute Gasteiger partial charge is 0.497 e. The van der Waals surface area contributed by atoms with Crippen LogP contribution in [0.4, 0.5) is 4.79 Å². The lowest BCUT2D eigenvalue weighted by molar-refractivity contribution is -0.162. The van der Waals surface area contributed by atoms with Crippen molar-refractivity contribution >= 4 is 22.0 Å². The number of β-amino-alcohol motifs (C(OH)–C–C–N with tert-alkyl or cyclic N) is 1. The second kappa shape index (κ2) is 9.61. The number of benzene rings is 1. The van der Waals surface area contributed by atoms with Crippen LogP contribution >= 0.6 is 0 Å². The molecule has 0 aliphatic carbocycles. The number of piperidine rings is 2. The number of primary amides is 1. The van der Waals surface area contributed by atoms with Gasteiger partial charge in [0.2, 0.25) is 10.0 Å². The Morgan fingerprint density at radius 1 is 1.22 bits per heavy atom. The van der Waals surface area contributed by atoms with E-state index < -0.39 is 39.4 Å². The van der Waals surface area contributed by atoms with Crippen molar-refractivity contribution in [3.05, 3.63) is 29.8 Å². The molecule has 2 heterocycles. The molecule has 32 heavy (non-hydrogen) atoms. The molecule has 0 spiro atoms. The van der Waals surface area contributed by atoms with E-state index in [0.29, 0.717) is 19.4 Å². The fourth-order valence-electron chi connectivity index (χ4n) is 4.18. The topological polar surface area (TPSA) is 160 Å². The van der Waals surface area contributed by atoms with Crippen LogP contribution in [0.2, 0.25) is 0 Å². The molecule has 2 atom stereocenters. The molecule has 1 aromatic carbocycles. The molecule has 2 aliphatic heterocycles. The first-order chi connectivity index (χ1) is 15.1. The molecule has 0 radical (unpaired) electrons. The van der Waals surface area contributed by atoms with Crippen LogP contribution in [-0.2, 0) is 26.2 Å². The Balaban J connectivity index is 1.62. The summed E-state index contributed by atoms with van der Waals surface area (Å²) in [7, 11) is -2.55. The fourth-order valence-corrected chi connectivity index (χ4v) is 6.33. The third-order valence-corrected chi connectivity index (χ3v) is 8.48. The zero-order valence-electron chi connectivity index (χ0n) is 17.8. The SMILES string of the molecule is COc1cccc(COC2CCN(S(=O)(=O)C3CCN(C(N)=O)CC3(O)C(=O)O)CC2)c1. The third-order valence-electron chi connectivity index (χ3n) is 6.05. The fraction of sp³-hybridized carbons (Fsp3) is 0.600. The predicted molar refractivity (Wildman–Crippen MR) is 113 cm³/mol.